The fourth-order valence-corrected chi connectivity index (χ4v) is 4.03. The number of aryl methyl sites for hydroxylation is 2. The summed E-state index contributed by atoms with van der Waals surface area (Å²) >= 11 is 1.78. The molecule has 0 unspecified atom stereocenters. The number of aliphatic hydroxyl groups excluding tert-OH is 1. The van der Waals surface area contributed by atoms with E-state index >= 15 is 0 Å². The molecule has 19 heavy (non-hydrogen) atoms. The lowest BCUT2D eigenvalue weighted by atomic mass is 9.83. The molecule has 1 aromatic heterocycles. The number of nitrogens with one attached hydrogen (secondary N) is 1. The number of hydrogen-bond donors (Lipinski definition) is 2. The Hall–Kier alpha value is -0.450. The highest BCUT2D eigenvalue weighted by atomic mass is 32.1. The fraction of sp³-hybridized carbons (Fsp3) is 0.800. The van der Waals surface area contributed by atoms with Crippen LogP contribution in [0.5, 0.6) is 0 Å². The summed E-state index contributed by atoms with van der Waals surface area (Å²) in [6, 6.07) is 0.465. The van der Waals surface area contributed by atoms with E-state index in [0.717, 1.165) is 29.6 Å². The van der Waals surface area contributed by atoms with E-state index in [9.17, 15) is 5.11 Å². The zero-order valence-electron chi connectivity index (χ0n) is 12.1. The van der Waals surface area contributed by atoms with Gasteiger partial charge in [0, 0.05) is 24.1 Å². The first-order valence-corrected chi connectivity index (χ1v) is 8.29. The number of aromatic nitrogens is 1. The molecule has 3 nitrogen and oxygen atoms in total. The Labute approximate surface area is 120 Å². The minimum Gasteiger partial charge on any atom is -0.396 e. The van der Waals surface area contributed by atoms with Gasteiger partial charge in [-0.1, -0.05) is 19.3 Å². The molecule has 1 aliphatic carbocycles. The van der Waals surface area contributed by atoms with Gasteiger partial charge in [0.2, 0.25) is 0 Å². The van der Waals surface area contributed by atoms with Crippen molar-refractivity contribution in [2.24, 2.45) is 5.92 Å². The largest absolute Gasteiger partial charge is 0.396 e. The van der Waals surface area contributed by atoms with Gasteiger partial charge in [0.1, 0.15) is 0 Å². The van der Waals surface area contributed by atoms with Gasteiger partial charge in [0.25, 0.3) is 0 Å². The molecule has 0 radical (unpaired) electrons. The van der Waals surface area contributed by atoms with Crippen LogP contribution in [-0.4, -0.2) is 22.7 Å². The van der Waals surface area contributed by atoms with E-state index in [-0.39, 0.29) is 6.61 Å². The third-order valence-corrected chi connectivity index (χ3v) is 5.26. The smallest absolute Gasteiger partial charge is 0.0900 e. The number of aliphatic hydroxyl groups is 1. The second-order valence-electron chi connectivity index (χ2n) is 5.64. The third kappa shape index (κ3) is 4.26. The van der Waals surface area contributed by atoms with Gasteiger partial charge in [0.15, 0.2) is 0 Å². The Morgan fingerprint density at radius 1 is 1.32 bits per heavy atom. The topological polar surface area (TPSA) is 45.2 Å². The Bertz CT molecular complexity index is 385. The van der Waals surface area contributed by atoms with Crippen molar-refractivity contribution in [1.29, 1.82) is 0 Å². The predicted molar refractivity (Wildman–Crippen MR) is 80.5 cm³/mol. The molecule has 1 heterocycles. The van der Waals surface area contributed by atoms with Gasteiger partial charge < -0.3 is 10.4 Å². The number of rotatable bonds is 6. The summed E-state index contributed by atoms with van der Waals surface area (Å²) in [7, 11) is 0. The first-order valence-electron chi connectivity index (χ1n) is 7.48. The maximum Gasteiger partial charge on any atom is 0.0900 e. The summed E-state index contributed by atoms with van der Waals surface area (Å²) in [5.74, 6) is 0.746. The van der Waals surface area contributed by atoms with Gasteiger partial charge in [0.05, 0.1) is 10.7 Å². The fourth-order valence-electron chi connectivity index (χ4n) is 3.14. The minimum absolute atomic E-state index is 0.287. The Morgan fingerprint density at radius 3 is 2.63 bits per heavy atom. The molecule has 1 aromatic rings. The van der Waals surface area contributed by atoms with Crippen LogP contribution in [0.25, 0.3) is 0 Å². The molecule has 0 spiro atoms. The van der Waals surface area contributed by atoms with Gasteiger partial charge in [-0.25, -0.2) is 4.98 Å². The van der Waals surface area contributed by atoms with E-state index in [1.165, 1.54) is 37.0 Å². The lowest BCUT2D eigenvalue weighted by Gasteiger charge is -2.30. The van der Waals surface area contributed by atoms with Crippen molar-refractivity contribution in [2.45, 2.75) is 65.0 Å². The molecule has 2 rings (SSSR count). The summed E-state index contributed by atoms with van der Waals surface area (Å²) in [5, 5.41) is 14.1. The standard InChI is InChI=1S/C15H26N2OS/c1-11-15(19-12(2)17-11)10-16-14(8-9-18)13-6-4-3-5-7-13/h13-14,16,18H,3-10H2,1-2H3/t14-/m0/s1. The maximum absolute atomic E-state index is 9.27. The van der Waals surface area contributed by atoms with Crippen LogP contribution in [0.4, 0.5) is 0 Å². The molecule has 2 N–H and O–H groups in total. The molecule has 0 aromatic carbocycles. The first-order chi connectivity index (χ1) is 9.20. The van der Waals surface area contributed by atoms with Gasteiger partial charge in [-0.3, -0.25) is 0 Å². The highest BCUT2D eigenvalue weighted by molar-refractivity contribution is 7.11. The Kier molecular flexibility index (Phi) is 5.79. The number of thiazole rings is 1. The van der Waals surface area contributed by atoms with Crippen LogP contribution in [0.3, 0.4) is 0 Å². The van der Waals surface area contributed by atoms with Gasteiger partial charge >= 0.3 is 0 Å². The first kappa shape index (κ1) is 14.9. The van der Waals surface area contributed by atoms with Crippen LogP contribution < -0.4 is 5.32 Å². The van der Waals surface area contributed by atoms with Crippen LogP contribution >= 0.6 is 11.3 Å². The van der Waals surface area contributed by atoms with Gasteiger partial charge in [-0.2, -0.15) is 0 Å². The Morgan fingerprint density at radius 2 is 2.05 bits per heavy atom. The zero-order valence-corrected chi connectivity index (χ0v) is 12.9. The van der Waals surface area contributed by atoms with E-state index in [1.54, 1.807) is 11.3 Å². The SMILES string of the molecule is Cc1nc(C)c(CN[C@@H](CCO)C2CCCCC2)s1. The lowest BCUT2D eigenvalue weighted by Crippen LogP contribution is -2.37. The molecule has 1 fully saturated rings. The van der Waals surface area contributed by atoms with E-state index in [2.05, 4.69) is 24.1 Å². The molecule has 0 bridgehead atoms. The van der Waals surface area contributed by atoms with E-state index in [4.69, 9.17) is 0 Å². The molecule has 1 saturated carbocycles. The molecule has 0 aliphatic heterocycles. The highest BCUT2D eigenvalue weighted by Crippen LogP contribution is 2.28. The average molecular weight is 282 g/mol. The van der Waals surface area contributed by atoms with Crippen molar-refractivity contribution < 1.29 is 5.11 Å². The van der Waals surface area contributed by atoms with Crippen molar-refractivity contribution in [2.75, 3.05) is 6.61 Å². The highest BCUT2D eigenvalue weighted by Gasteiger charge is 2.23. The molecule has 1 atom stereocenters. The zero-order chi connectivity index (χ0) is 13.7. The number of nitrogens with zero attached hydrogens (tertiary/aromatic N) is 1. The Balaban J connectivity index is 1.90. The normalized spacial score (nSPS) is 18.7. The van der Waals surface area contributed by atoms with Gasteiger partial charge in [-0.15, -0.1) is 11.3 Å². The van der Waals surface area contributed by atoms with Crippen molar-refractivity contribution >= 4 is 11.3 Å². The summed E-state index contributed by atoms with van der Waals surface area (Å²) in [4.78, 5) is 5.82. The van der Waals surface area contributed by atoms with E-state index in [1.807, 2.05) is 0 Å². The van der Waals surface area contributed by atoms with Crippen LogP contribution in [-0.2, 0) is 6.54 Å². The second kappa shape index (κ2) is 7.36. The quantitative estimate of drug-likeness (QED) is 0.842. The summed E-state index contributed by atoms with van der Waals surface area (Å²) in [6.45, 7) is 5.34. The third-order valence-electron chi connectivity index (χ3n) is 4.18. The van der Waals surface area contributed by atoms with Crippen molar-refractivity contribution in [3.05, 3.63) is 15.6 Å². The molecule has 0 saturated heterocycles. The molecular formula is C15H26N2OS. The van der Waals surface area contributed by atoms with Crippen LogP contribution in [0.1, 0.15) is 54.1 Å². The van der Waals surface area contributed by atoms with E-state index < -0.39 is 0 Å². The second-order valence-corrected chi connectivity index (χ2v) is 6.93. The monoisotopic (exact) mass is 282 g/mol. The maximum atomic E-state index is 9.27. The van der Waals surface area contributed by atoms with Crippen molar-refractivity contribution in [3.8, 4) is 0 Å². The molecule has 4 heteroatoms. The van der Waals surface area contributed by atoms with E-state index in [0.29, 0.717) is 6.04 Å². The van der Waals surface area contributed by atoms with Crippen LogP contribution in [0, 0.1) is 19.8 Å². The van der Waals surface area contributed by atoms with Crippen LogP contribution in [0.15, 0.2) is 0 Å². The van der Waals surface area contributed by atoms with Crippen molar-refractivity contribution in [1.82, 2.24) is 10.3 Å². The minimum atomic E-state index is 0.287. The summed E-state index contributed by atoms with van der Waals surface area (Å²) in [5.41, 5.74) is 1.15. The lowest BCUT2D eigenvalue weighted by molar-refractivity contribution is 0.206. The summed E-state index contributed by atoms with van der Waals surface area (Å²) in [6.07, 6.45) is 7.60. The van der Waals surface area contributed by atoms with Crippen LogP contribution in [0.2, 0.25) is 0 Å². The molecule has 108 valence electrons. The molecular weight excluding hydrogens is 256 g/mol. The predicted octanol–water partition coefficient (Wildman–Crippen LogP) is 3.18. The molecule has 1 aliphatic rings. The average Bonchev–Trinajstić information content (AvgIpc) is 2.74. The van der Waals surface area contributed by atoms with Crippen molar-refractivity contribution in [3.63, 3.8) is 0 Å². The summed E-state index contributed by atoms with van der Waals surface area (Å²) < 4.78 is 0. The number of hydrogen-bond acceptors (Lipinski definition) is 4. The van der Waals surface area contributed by atoms with Gasteiger partial charge in [-0.05, 0) is 39.0 Å². The molecule has 0 amide bonds.